The molecule has 3 aromatic carbocycles. The lowest BCUT2D eigenvalue weighted by molar-refractivity contribution is 0.0997. The minimum atomic E-state index is -2.23. The van der Waals surface area contributed by atoms with E-state index < -0.39 is 14.2 Å². The third-order valence-electron chi connectivity index (χ3n) is 9.35. The van der Waals surface area contributed by atoms with E-state index in [9.17, 15) is 4.79 Å². The normalized spacial score (nSPS) is 15.3. The van der Waals surface area contributed by atoms with Gasteiger partial charge in [-0.05, 0) is 93.5 Å². The van der Waals surface area contributed by atoms with Crippen LogP contribution in [-0.4, -0.2) is 62.4 Å². The number of anilines is 3. The molecule has 5 rings (SSSR count). The second-order valence-electron chi connectivity index (χ2n) is 13.9. The van der Waals surface area contributed by atoms with Gasteiger partial charge in [0.25, 0.3) is 5.91 Å². The van der Waals surface area contributed by atoms with Gasteiger partial charge in [0.05, 0.1) is 17.8 Å². The minimum Gasteiger partial charge on any atom is -0.543 e. The number of amides is 1. The van der Waals surface area contributed by atoms with E-state index in [2.05, 4.69) is 45.8 Å². The first-order valence-corrected chi connectivity index (χ1v) is 19.4. The monoisotopic (exact) mass is 687 g/mol. The number of halogens is 1. The number of rotatable bonds is 10. The van der Waals surface area contributed by atoms with Crippen molar-refractivity contribution in [1.82, 2.24) is 14.9 Å². The van der Waals surface area contributed by atoms with Gasteiger partial charge in [-0.25, -0.2) is 4.98 Å². The number of likely N-dealkylation sites (tertiary alicyclic amines) is 1. The van der Waals surface area contributed by atoms with Crippen LogP contribution < -0.4 is 24.5 Å². The number of benzene rings is 3. The maximum Gasteiger partial charge on any atom is 0.256 e. The fourth-order valence-electron chi connectivity index (χ4n) is 5.60. The van der Waals surface area contributed by atoms with Crippen molar-refractivity contribution in [3.63, 3.8) is 0 Å². The van der Waals surface area contributed by atoms with E-state index in [1.165, 1.54) is 7.11 Å². The van der Waals surface area contributed by atoms with Gasteiger partial charge in [-0.1, -0.05) is 50.6 Å². The number of ether oxygens (including phenoxy) is 2. The Morgan fingerprint density at radius 2 is 1.71 bits per heavy atom. The highest BCUT2D eigenvalue weighted by Gasteiger charge is 2.39. The van der Waals surface area contributed by atoms with Crippen molar-refractivity contribution in [2.75, 3.05) is 32.1 Å². The third kappa shape index (κ3) is 7.16. The Bertz CT molecular complexity index is 1810. The predicted molar refractivity (Wildman–Crippen MR) is 196 cm³/mol. The van der Waals surface area contributed by atoms with E-state index in [0.29, 0.717) is 16.3 Å². The molecule has 1 saturated heterocycles. The second kappa shape index (κ2) is 13.8. The molecule has 1 atom stereocenters. The largest absolute Gasteiger partial charge is 0.543 e. The van der Waals surface area contributed by atoms with E-state index >= 15 is 0 Å². The number of nitrogens with zero attached hydrogens (tertiary/aromatic N) is 4. The summed E-state index contributed by atoms with van der Waals surface area (Å²) in [6, 6.07) is 19.4. The number of carbonyl (C=O) groups is 1. The molecule has 0 bridgehead atoms. The van der Waals surface area contributed by atoms with Crippen molar-refractivity contribution in [3.05, 3.63) is 82.4 Å². The number of hydrogen-bond acceptors (Lipinski definition) is 8. The molecule has 0 radical (unpaired) electrons. The second-order valence-corrected chi connectivity index (χ2v) is 19.1. The molecular formula is C37H46ClN5O4Si. The summed E-state index contributed by atoms with van der Waals surface area (Å²) in [6.45, 7) is 16.8. The highest BCUT2D eigenvalue weighted by atomic mass is 35.5. The summed E-state index contributed by atoms with van der Waals surface area (Å²) < 4.78 is 18.8. The lowest BCUT2D eigenvalue weighted by Gasteiger charge is -2.37. The molecule has 254 valence electrons. The SMILES string of the molecule is COc1nc(N(c2ccccc2)c2ccc(OC3CCN(C)C3)c(C)c2)nc(-c2c(Cl)ccc(O[Si](C)(C)C(C)(C)C)c2C)c1C(N)=O. The van der Waals surface area contributed by atoms with Crippen molar-refractivity contribution in [2.45, 2.75) is 65.3 Å². The number of carbonyl (C=O) groups excluding carboxylic acids is 1. The molecule has 4 aromatic rings. The molecule has 2 N–H and O–H groups in total. The van der Waals surface area contributed by atoms with Gasteiger partial charge in [-0.15, -0.1) is 0 Å². The maximum atomic E-state index is 13.1. The molecule has 0 aliphatic carbocycles. The summed E-state index contributed by atoms with van der Waals surface area (Å²) in [4.78, 5) is 27.1. The van der Waals surface area contributed by atoms with Crippen LogP contribution in [0.1, 0.15) is 48.7 Å². The Morgan fingerprint density at radius 3 is 2.29 bits per heavy atom. The number of hydrogen-bond donors (Lipinski definition) is 1. The Labute approximate surface area is 290 Å². The van der Waals surface area contributed by atoms with E-state index in [1.807, 2.05) is 73.3 Å². The highest BCUT2D eigenvalue weighted by molar-refractivity contribution is 6.74. The van der Waals surface area contributed by atoms with Gasteiger partial charge in [-0.2, -0.15) is 4.98 Å². The lowest BCUT2D eigenvalue weighted by atomic mass is 10.00. The summed E-state index contributed by atoms with van der Waals surface area (Å²) in [5, 5.41) is 0.358. The van der Waals surface area contributed by atoms with Gasteiger partial charge >= 0.3 is 0 Å². The molecule has 48 heavy (non-hydrogen) atoms. The van der Waals surface area contributed by atoms with Crippen LogP contribution in [0.15, 0.2) is 60.7 Å². The quantitative estimate of drug-likeness (QED) is 0.166. The highest BCUT2D eigenvalue weighted by Crippen LogP contribution is 2.44. The first-order chi connectivity index (χ1) is 22.6. The van der Waals surface area contributed by atoms with Crippen LogP contribution in [0.5, 0.6) is 17.4 Å². The number of likely N-dealkylation sites (N-methyl/N-ethyl adjacent to an activating group) is 1. The number of methoxy groups -OCH3 is 1. The van der Waals surface area contributed by atoms with Gasteiger partial charge in [0, 0.05) is 35.6 Å². The van der Waals surface area contributed by atoms with Crippen LogP contribution in [0.4, 0.5) is 17.3 Å². The summed E-state index contributed by atoms with van der Waals surface area (Å²) in [7, 11) is 1.34. The fraction of sp³-hybridized carbons (Fsp3) is 0.378. The van der Waals surface area contributed by atoms with Crippen molar-refractivity contribution in [2.24, 2.45) is 5.73 Å². The Morgan fingerprint density at radius 1 is 1.02 bits per heavy atom. The Kier molecular flexibility index (Phi) is 10.1. The summed E-state index contributed by atoms with van der Waals surface area (Å²) in [5.41, 5.74) is 10.1. The first-order valence-electron chi connectivity index (χ1n) is 16.2. The average Bonchev–Trinajstić information content (AvgIpc) is 3.44. The zero-order valence-electron chi connectivity index (χ0n) is 29.3. The van der Waals surface area contributed by atoms with E-state index in [4.69, 9.17) is 41.2 Å². The third-order valence-corrected chi connectivity index (χ3v) is 14.0. The maximum absolute atomic E-state index is 13.1. The zero-order chi connectivity index (χ0) is 35.0. The van der Waals surface area contributed by atoms with Crippen LogP contribution in [0.3, 0.4) is 0 Å². The summed E-state index contributed by atoms with van der Waals surface area (Å²) in [6.07, 6.45) is 1.13. The fourth-order valence-corrected chi connectivity index (χ4v) is 6.97. The van der Waals surface area contributed by atoms with Crippen molar-refractivity contribution in [3.8, 4) is 28.6 Å². The molecule has 11 heteroatoms. The predicted octanol–water partition coefficient (Wildman–Crippen LogP) is 8.46. The van der Waals surface area contributed by atoms with Crippen molar-refractivity contribution < 1.29 is 18.7 Å². The van der Waals surface area contributed by atoms with E-state index in [-0.39, 0.29) is 34.2 Å². The lowest BCUT2D eigenvalue weighted by Crippen LogP contribution is -2.44. The molecule has 1 fully saturated rings. The van der Waals surface area contributed by atoms with E-state index in [0.717, 1.165) is 47.8 Å². The topological polar surface area (TPSA) is 103 Å². The standard InChI is InChI=1S/C37H46ClN5O4Si/c1-23-21-26(15-17-29(23)46-27-19-20-42(6)22-27)43(25-13-11-10-12-14-25)36-40-33(32(34(39)44)35(41-36)45-7)31-24(2)30(18-16-28(31)38)47-48(8,9)37(3,4)5/h10-18,21,27H,19-20,22H2,1-9H3,(H2,39,44). The van der Waals surface area contributed by atoms with Crippen LogP contribution >= 0.6 is 11.6 Å². The number of aromatic nitrogens is 2. The molecule has 1 unspecified atom stereocenters. The van der Waals surface area contributed by atoms with Gasteiger partial charge in [0.1, 0.15) is 23.2 Å². The molecule has 1 aromatic heterocycles. The van der Waals surface area contributed by atoms with Crippen molar-refractivity contribution >= 4 is 43.1 Å². The average molecular weight is 688 g/mol. The molecule has 0 saturated carbocycles. The molecule has 0 spiro atoms. The van der Waals surface area contributed by atoms with Crippen LogP contribution in [-0.2, 0) is 0 Å². The molecule has 1 aliphatic heterocycles. The summed E-state index contributed by atoms with van der Waals surface area (Å²) >= 11 is 6.92. The molecule has 2 heterocycles. The number of aryl methyl sites for hydroxylation is 1. The Hall–Kier alpha value is -4.12. The zero-order valence-corrected chi connectivity index (χ0v) is 31.1. The first kappa shape index (κ1) is 35.2. The number of nitrogens with two attached hydrogens (primary N) is 1. The van der Waals surface area contributed by atoms with Crippen LogP contribution in [0.25, 0.3) is 11.3 Å². The van der Waals surface area contributed by atoms with Gasteiger partial charge in [-0.3, -0.25) is 9.69 Å². The molecular weight excluding hydrogens is 642 g/mol. The van der Waals surface area contributed by atoms with Crippen LogP contribution in [0.2, 0.25) is 23.2 Å². The molecule has 1 amide bonds. The smallest absolute Gasteiger partial charge is 0.256 e. The van der Waals surface area contributed by atoms with E-state index in [1.54, 1.807) is 6.07 Å². The Balaban J connectivity index is 1.69. The van der Waals surface area contributed by atoms with Crippen LogP contribution in [0, 0.1) is 13.8 Å². The van der Waals surface area contributed by atoms with Gasteiger partial charge < -0.3 is 24.5 Å². The number of para-hydroxylation sites is 1. The van der Waals surface area contributed by atoms with Gasteiger partial charge in [0.15, 0.2) is 0 Å². The summed E-state index contributed by atoms with van der Waals surface area (Å²) in [5.74, 6) is 1.08. The molecule has 1 aliphatic rings. The molecule has 9 nitrogen and oxygen atoms in total. The minimum absolute atomic E-state index is 0.0326. The number of primary amides is 1. The van der Waals surface area contributed by atoms with Gasteiger partial charge in [0.2, 0.25) is 20.1 Å². The van der Waals surface area contributed by atoms with Crippen molar-refractivity contribution in [1.29, 1.82) is 0 Å².